The second-order valence-corrected chi connectivity index (χ2v) is 5.56. The molecule has 0 aliphatic carbocycles. The molecule has 8 heteroatoms. The van der Waals surface area contributed by atoms with Crippen molar-refractivity contribution in [2.75, 3.05) is 6.61 Å². The van der Waals surface area contributed by atoms with E-state index in [1.807, 2.05) is 0 Å². The van der Waals surface area contributed by atoms with E-state index in [1.165, 1.54) is 27.7 Å². The number of aliphatic hydroxyl groups excluding tert-OH is 1. The number of carbonyl (C=O) groups is 3. The highest BCUT2D eigenvalue weighted by molar-refractivity contribution is 5.90. The van der Waals surface area contributed by atoms with Crippen molar-refractivity contribution in [3.63, 3.8) is 0 Å². The number of hydrogen-bond donors (Lipinski definition) is 2. The Balaban J connectivity index is 6.17. The summed E-state index contributed by atoms with van der Waals surface area (Å²) in [6.45, 7) is 14.2. The summed E-state index contributed by atoms with van der Waals surface area (Å²) in [5, 5.41) is 20.3. The Morgan fingerprint density at radius 1 is 0.840 bits per heavy atom. The van der Waals surface area contributed by atoms with Gasteiger partial charge in [-0.15, -0.1) is 0 Å². The molecule has 2 N–H and O–H groups in total. The summed E-state index contributed by atoms with van der Waals surface area (Å²) < 4.78 is 15.0. The summed E-state index contributed by atoms with van der Waals surface area (Å²) in [5.74, 6) is -8.57. The number of carbonyl (C=O) groups excluding carboxylic acids is 3. The highest BCUT2D eigenvalue weighted by Crippen LogP contribution is 2.35. The maximum absolute atomic E-state index is 12.0. The Kier molecular flexibility index (Phi) is 7.75. The van der Waals surface area contributed by atoms with Crippen LogP contribution in [-0.4, -0.2) is 46.3 Å². The molecule has 0 rings (SSSR count). The average molecular weight is 356 g/mol. The van der Waals surface area contributed by atoms with Crippen molar-refractivity contribution in [3.8, 4) is 0 Å². The second-order valence-electron chi connectivity index (χ2n) is 5.56. The molecule has 8 nitrogen and oxygen atoms in total. The van der Waals surface area contributed by atoms with E-state index in [0.29, 0.717) is 0 Å². The van der Waals surface area contributed by atoms with Gasteiger partial charge in [0, 0.05) is 23.1 Å². The van der Waals surface area contributed by atoms with Crippen molar-refractivity contribution in [3.05, 3.63) is 36.5 Å². The molecule has 0 aliphatic rings. The highest BCUT2D eigenvalue weighted by atomic mass is 16.8. The Labute approximate surface area is 146 Å². The summed E-state index contributed by atoms with van der Waals surface area (Å²) in [4.78, 5) is 35.7. The molecule has 0 saturated carbocycles. The third-order valence-corrected chi connectivity index (χ3v) is 3.10. The van der Waals surface area contributed by atoms with Crippen molar-refractivity contribution in [2.45, 2.75) is 45.7 Å². The predicted molar refractivity (Wildman–Crippen MR) is 87.8 cm³/mol. The van der Waals surface area contributed by atoms with E-state index in [0.717, 1.165) is 0 Å². The van der Waals surface area contributed by atoms with Gasteiger partial charge in [-0.05, 0) is 20.8 Å². The molecule has 0 saturated heterocycles. The molecule has 1 unspecified atom stereocenters. The molecule has 0 amide bonds. The normalized spacial score (nSPS) is 13.2. The molecule has 0 aromatic heterocycles. The Bertz CT molecular complexity index is 576. The van der Waals surface area contributed by atoms with Crippen LogP contribution in [-0.2, 0) is 28.6 Å². The number of esters is 3. The number of hydrogen-bond acceptors (Lipinski definition) is 8. The van der Waals surface area contributed by atoms with Gasteiger partial charge in [0.15, 0.2) is 0 Å². The fraction of sp³-hybridized carbons (Fsp3) is 0.471. The molecule has 0 aliphatic heterocycles. The third-order valence-electron chi connectivity index (χ3n) is 3.10. The number of aliphatic hydroxyl groups is 2. The topological polar surface area (TPSA) is 119 Å². The number of ether oxygens (including phenoxy) is 3. The van der Waals surface area contributed by atoms with E-state index < -0.39 is 36.1 Å². The SMILES string of the molecule is C=C(C)C(=O)OC(O)(CO)C(CC)(OC(=O)C(=C)C)OC(=O)C(=C)C. The highest BCUT2D eigenvalue weighted by Gasteiger charge is 2.60. The van der Waals surface area contributed by atoms with Crippen molar-refractivity contribution in [2.24, 2.45) is 0 Å². The standard InChI is InChI=1S/C17H24O8/c1-8-17(24-14(20)11(4)5,25-15(21)12(6)7)16(22,9-18)23-13(19)10(2)3/h18,22H,2,4,6,8-9H2,1,3,5,7H3. The molecule has 0 fully saturated rings. The zero-order valence-corrected chi connectivity index (χ0v) is 14.9. The molecule has 0 bridgehead atoms. The van der Waals surface area contributed by atoms with Crippen LogP contribution in [0.15, 0.2) is 36.5 Å². The fourth-order valence-electron chi connectivity index (χ4n) is 1.55. The molecule has 140 valence electrons. The minimum Gasteiger partial charge on any atom is -0.419 e. The fourth-order valence-corrected chi connectivity index (χ4v) is 1.55. The molecular weight excluding hydrogens is 332 g/mol. The van der Waals surface area contributed by atoms with Gasteiger partial charge in [0.1, 0.15) is 6.61 Å². The lowest BCUT2D eigenvalue weighted by Gasteiger charge is -2.42. The van der Waals surface area contributed by atoms with Crippen LogP contribution in [0.4, 0.5) is 0 Å². The maximum Gasteiger partial charge on any atom is 0.336 e. The van der Waals surface area contributed by atoms with Gasteiger partial charge >= 0.3 is 29.5 Å². The van der Waals surface area contributed by atoms with Crippen LogP contribution >= 0.6 is 0 Å². The van der Waals surface area contributed by atoms with Gasteiger partial charge < -0.3 is 24.4 Å². The van der Waals surface area contributed by atoms with Crippen molar-refractivity contribution < 1.29 is 38.8 Å². The van der Waals surface area contributed by atoms with Gasteiger partial charge in [0.25, 0.3) is 0 Å². The molecule has 0 heterocycles. The van der Waals surface area contributed by atoms with Gasteiger partial charge in [0.2, 0.25) is 0 Å². The van der Waals surface area contributed by atoms with Crippen molar-refractivity contribution in [1.82, 2.24) is 0 Å². The molecule has 1 atom stereocenters. The van der Waals surface area contributed by atoms with Gasteiger partial charge in [0.05, 0.1) is 0 Å². The lowest BCUT2D eigenvalue weighted by Crippen LogP contribution is -2.63. The summed E-state index contributed by atoms with van der Waals surface area (Å²) >= 11 is 0. The van der Waals surface area contributed by atoms with Crippen molar-refractivity contribution in [1.29, 1.82) is 0 Å². The third kappa shape index (κ3) is 5.27. The van der Waals surface area contributed by atoms with Crippen LogP contribution in [0.3, 0.4) is 0 Å². The Hall–Kier alpha value is -2.45. The monoisotopic (exact) mass is 356 g/mol. The molecular formula is C17H24O8. The average Bonchev–Trinajstić information content (AvgIpc) is 2.52. The lowest BCUT2D eigenvalue weighted by atomic mass is 10.0. The minimum atomic E-state index is -2.88. The summed E-state index contributed by atoms with van der Waals surface area (Å²) in [7, 11) is 0. The lowest BCUT2D eigenvalue weighted by molar-refractivity contribution is -0.368. The van der Waals surface area contributed by atoms with E-state index in [9.17, 15) is 24.6 Å². The van der Waals surface area contributed by atoms with Crippen LogP contribution in [0.25, 0.3) is 0 Å². The van der Waals surface area contributed by atoms with Gasteiger partial charge in [-0.1, -0.05) is 26.7 Å². The summed E-state index contributed by atoms with van der Waals surface area (Å²) in [6.07, 6.45) is -0.356. The zero-order chi connectivity index (χ0) is 20.0. The van der Waals surface area contributed by atoms with E-state index in [4.69, 9.17) is 14.2 Å². The van der Waals surface area contributed by atoms with Crippen molar-refractivity contribution >= 4 is 17.9 Å². The minimum absolute atomic E-state index is 0.0734. The van der Waals surface area contributed by atoms with E-state index in [1.54, 1.807) is 0 Å². The molecule has 0 aromatic carbocycles. The first-order valence-electron chi connectivity index (χ1n) is 7.35. The van der Waals surface area contributed by atoms with E-state index in [2.05, 4.69) is 19.7 Å². The zero-order valence-electron chi connectivity index (χ0n) is 14.9. The van der Waals surface area contributed by atoms with E-state index >= 15 is 0 Å². The van der Waals surface area contributed by atoms with Crippen LogP contribution in [0, 0.1) is 0 Å². The molecule has 0 aromatic rings. The van der Waals surface area contributed by atoms with E-state index in [-0.39, 0.29) is 23.1 Å². The smallest absolute Gasteiger partial charge is 0.336 e. The van der Waals surface area contributed by atoms with Gasteiger partial charge in [-0.25, -0.2) is 14.4 Å². The maximum atomic E-state index is 12.0. The first-order chi connectivity index (χ1) is 11.4. The Morgan fingerprint density at radius 2 is 1.16 bits per heavy atom. The molecule has 0 radical (unpaired) electrons. The van der Waals surface area contributed by atoms with Crippen LogP contribution in [0.1, 0.15) is 34.1 Å². The number of rotatable bonds is 9. The summed E-state index contributed by atoms with van der Waals surface area (Å²) in [6, 6.07) is 0. The Morgan fingerprint density at radius 3 is 1.40 bits per heavy atom. The summed E-state index contributed by atoms with van der Waals surface area (Å²) in [5.41, 5.74) is -0.249. The second kappa shape index (κ2) is 8.59. The largest absolute Gasteiger partial charge is 0.419 e. The van der Waals surface area contributed by atoms with Gasteiger partial charge in [-0.3, -0.25) is 0 Å². The van der Waals surface area contributed by atoms with Crippen LogP contribution in [0.5, 0.6) is 0 Å². The quantitative estimate of drug-likeness (QED) is 0.358. The van der Waals surface area contributed by atoms with Crippen LogP contribution < -0.4 is 0 Å². The molecule has 25 heavy (non-hydrogen) atoms. The predicted octanol–water partition coefficient (Wildman–Crippen LogP) is 1.13. The van der Waals surface area contributed by atoms with Crippen LogP contribution in [0.2, 0.25) is 0 Å². The van der Waals surface area contributed by atoms with Gasteiger partial charge in [-0.2, -0.15) is 0 Å². The first-order valence-corrected chi connectivity index (χ1v) is 7.35. The molecule has 0 spiro atoms. The first kappa shape index (κ1) is 22.6.